The largest absolute Gasteiger partial charge is 0.143 e. The molecule has 24 heavy (non-hydrogen) atoms. The number of hydrogen-bond acceptors (Lipinski definition) is 1. The average Bonchev–Trinajstić information content (AvgIpc) is 2.58. The maximum absolute atomic E-state index is 5.00. The van der Waals surface area contributed by atoms with Gasteiger partial charge in [-0.2, -0.15) is 0 Å². The van der Waals surface area contributed by atoms with Gasteiger partial charge in [-0.3, -0.25) is 0 Å². The second-order valence-corrected chi connectivity index (χ2v) is 14.6. The van der Waals surface area contributed by atoms with Crippen LogP contribution >= 0.6 is 20.6 Å². The zero-order valence-electron chi connectivity index (χ0n) is 14.4. The Labute approximate surface area is 153 Å². The Morgan fingerprint density at radius 3 is 1.62 bits per heavy atom. The van der Waals surface area contributed by atoms with Crippen LogP contribution in [-0.4, -0.2) is 8.07 Å². The summed E-state index contributed by atoms with van der Waals surface area (Å²) in [5, 5.41) is 5.57. The van der Waals surface area contributed by atoms with Crippen molar-refractivity contribution in [3.63, 3.8) is 0 Å². The molecule has 0 atom stereocenters. The predicted molar refractivity (Wildman–Crippen MR) is 115 cm³/mol. The molecule has 0 saturated carbocycles. The SMILES string of the molecule is C[Si](C)(C)c1cccc(P(c2ccccc2)c2ccccc2)c1S. The van der Waals surface area contributed by atoms with Crippen molar-refractivity contribution in [3.8, 4) is 0 Å². The summed E-state index contributed by atoms with van der Waals surface area (Å²) in [5.41, 5.74) is 0. The Morgan fingerprint density at radius 1 is 0.667 bits per heavy atom. The van der Waals surface area contributed by atoms with E-state index in [9.17, 15) is 0 Å². The van der Waals surface area contributed by atoms with Crippen molar-refractivity contribution < 1.29 is 0 Å². The minimum Gasteiger partial charge on any atom is -0.143 e. The van der Waals surface area contributed by atoms with Gasteiger partial charge in [-0.05, 0) is 29.0 Å². The summed E-state index contributed by atoms with van der Waals surface area (Å²) in [7, 11) is -2.01. The monoisotopic (exact) mass is 366 g/mol. The molecule has 3 aromatic carbocycles. The van der Waals surface area contributed by atoms with Crippen LogP contribution in [0.1, 0.15) is 0 Å². The Kier molecular flexibility index (Phi) is 5.29. The summed E-state index contributed by atoms with van der Waals surface area (Å²) in [6, 6.07) is 28.4. The molecule has 0 saturated heterocycles. The number of benzene rings is 3. The standard InChI is InChI=1S/C21H23PSSi/c1-24(2,3)20-16-10-15-19(21(20)23)22(17-11-6-4-7-12-17)18-13-8-5-9-14-18/h4-16,23H,1-3H3. The Balaban J connectivity index is 2.21. The molecule has 122 valence electrons. The fourth-order valence-corrected chi connectivity index (χ4v) is 8.26. The first-order chi connectivity index (χ1) is 11.5. The third-order valence-corrected chi connectivity index (χ3v) is 9.48. The average molecular weight is 367 g/mol. The van der Waals surface area contributed by atoms with Crippen molar-refractivity contribution in [2.75, 3.05) is 0 Å². The second-order valence-electron chi connectivity index (χ2n) is 6.93. The van der Waals surface area contributed by atoms with Crippen LogP contribution in [0.15, 0.2) is 83.8 Å². The number of hydrogen-bond donors (Lipinski definition) is 1. The van der Waals surface area contributed by atoms with E-state index in [-0.39, 0.29) is 0 Å². The van der Waals surface area contributed by atoms with E-state index in [0.29, 0.717) is 0 Å². The topological polar surface area (TPSA) is 0 Å². The Hall–Kier alpha value is -1.34. The molecular formula is C21H23PSSi. The summed E-state index contributed by atoms with van der Waals surface area (Å²) < 4.78 is 0. The summed E-state index contributed by atoms with van der Waals surface area (Å²) in [5.74, 6) is 0. The van der Waals surface area contributed by atoms with Gasteiger partial charge in [0.15, 0.2) is 0 Å². The Bertz CT molecular complexity index is 771. The quantitative estimate of drug-likeness (QED) is 0.398. The van der Waals surface area contributed by atoms with Crippen molar-refractivity contribution in [1.82, 2.24) is 0 Å². The zero-order valence-corrected chi connectivity index (χ0v) is 17.2. The third kappa shape index (κ3) is 3.67. The molecule has 0 bridgehead atoms. The smallest absolute Gasteiger partial charge is 0.0790 e. The van der Waals surface area contributed by atoms with Gasteiger partial charge in [-0.25, -0.2) is 0 Å². The fraction of sp³-hybridized carbons (Fsp3) is 0.143. The molecule has 0 radical (unpaired) electrons. The lowest BCUT2D eigenvalue weighted by molar-refractivity contribution is 1.55. The van der Waals surface area contributed by atoms with Gasteiger partial charge >= 0.3 is 0 Å². The summed E-state index contributed by atoms with van der Waals surface area (Å²) >= 11 is 5.00. The lowest BCUT2D eigenvalue weighted by Crippen LogP contribution is -2.41. The van der Waals surface area contributed by atoms with Gasteiger partial charge in [0, 0.05) is 4.90 Å². The van der Waals surface area contributed by atoms with E-state index in [1.54, 1.807) is 0 Å². The molecule has 0 heterocycles. The number of thiol groups is 1. The molecule has 0 unspecified atom stereocenters. The maximum Gasteiger partial charge on any atom is 0.0790 e. The summed E-state index contributed by atoms with van der Waals surface area (Å²) in [6.07, 6.45) is 0. The maximum atomic E-state index is 5.00. The van der Waals surface area contributed by atoms with Gasteiger partial charge in [-0.15, -0.1) is 12.6 Å². The number of rotatable bonds is 4. The zero-order chi connectivity index (χ0) is 17.2. The molecule has 0 amide bonds. The van der Waals surface area contributed by atoms with Crippen molar-refractivity contribution in [2.24, 2.45) is 0 Å². The van der Waals surface area contributed by atoms with E-state index in [4.69, 9.17) is 12.6 Å². The van der Waals surface area contributed by atoms with Gasteiger partial charge in [0.05, 0.1) is 8.07 Å². The molecule has 0 aliphatic carbocycles. The van der Waals surface area contributed by atoms with Crippen LogP contribution in [0.3, 0.4) is 0 Å². The highest BCUT2D eigenvalue weighted by atomic mass is 32.1. The minimum atomic E-state index is -1.42. The fourth-order valence-electron chi connectivity index (χ4n) is 2.90. The molecule has 0 spiro atoms. The molecule has 0 aliphatic heterocycles. The first kappa shape index (κ1) is 17.5. The van der Waals surface area contributed by atoms with Crippen LogP contribution in [0.2, 0.25) is 19.6 Å². The molecule has 0 aromatic heterocycles. The van der Waals surface area contributed by atoms with Crippen LogP contribution < -0.4 is 21.1 Å². The highest BCUT2D eigenvalue weighted by Gasteiger charge is 2.24. The highest BCUT2D eigenvalue weighted by Crippen LogP contribution is 2.34. The van der Waals surface area contributed by atoms with Crippen LogP contribution in [0, 0.1) is 0 Å². The third-order valence-electron chi connectivity index (χ3n) is 4.09. The van der Waals surface area contributed by atoms with Gasteiger partial charge < -0.3 is 0 Å². The van der Waals surface area contributed by atoms with Crippen molar-refractivity contribution in [1.29, 1.82) is 0 Å². The summed E-state index contributed by atoms with van der Waals surface area (Å²) in [6.45, 7) is 7.16. The Morgan fingerprint density at radius 2 is 1.17 bits per heavy atom. The van der Waals surface area contributed by atoms with E-state index in [0.717, 1.165) is 0 Å². The van der Waals surface area contributed by atoms with Gasteiger partial charge in [-0.1, -0.05) is 98.5 Å². The lowest BCUT2D eigenvalue weighted by Gasteiger charge is -2.25. The highest BCUT2D eigenvalue weighted by molar-refractivity contribution is 7.84. The van der Waals surface area contributed by atoms with Crippen LogP contribution in [0.25, 0.3) is 0 Å². The van der Waals surface area contributed by atoms with Gasteiger partial charge in [0.2, 0.25) is 0 Å². The van der Waals surface area contributed by atoms with E-state index < -0.39 is 16.0 Å². The molecule has 3 heteroatoms. The second kappa shape index (κ2) is 7.27. The van der Waals surface area contributed by atoms with E-state index in [2.05, 4.69) is 98.5 Å². The van der Waals surface area contributed by atoms with E-state index >= 15 is 0 Å². The van der Waals surface area contributed by atoms with E-state index in [1.165, 1.54) is 26.0 Å². The molecule has 0 fully saturated rings. The normalized spacial score (nSPS) is 11.7. The van der Waals surface area contributed by atoms with Crippen LogP contribution in [0.5, 0.6) is 0 Å². The van der Waals surface area contributed by atoms with Gasteiger partial charge in [0.1, 0.15) is 0 Å². The molecule has 0 aliphatic rings. The first-order valence-electron chi connectivity index (χ1n) is 8.21. The van der Waals surface area contributed by atoms with Crippen LogP contribution in [0.4, 0.5) is 0 Å². The van der Waals surface area contributed by atoms with Crippen molar-refractivity contribution >= 4 is 49.7 Å². The first-order valence-corrected chi connectivity index (χ1v) is 13.5. The van der Waals surface area contributed by atoms with Crippen LogP contribution in [-0.2, 0) is 0 Å². The van der Waals surface area contributed by atoms with Gasteiger partial charge in [0.25, 0.3) is 0 Å². The predicted octanol–water partition coefficient (Wildman–Crippen LogP) is 4.28. The molecule has 3 rings (SSSR count). The lowest BCUT2D eigenvalue weighted by atomic mass is 10.3. The van der Waals surface area contributed by atoms with E-state index in [1.807, 2.05) is 0 Å². The molecule has 0 nitrogen and oxygen atoms in total. The molecule has 0 N–H and O–H groups in total. The minimum absolute atomic E-state index is 0.584. The molecular weight excluding hydrogens is 343 g/mol. The van der Waals surface area contributed by atoms with Crippen molar-refractivity contribution in [3.05, 3.63) is 78.9 Å². The molecule has 3 aromatic rings. The van der Waals surface area contributed by atoms with Crippen molar-refractivity contribution in [2.45, 2.75) is 24.5 Å². The summed E-state index contributed by atoms with van der Waals surface area (Å²) in [4.78, 5) is 1.19.